The number of carbonyl (C=O) groups excluding carboxylic acids is 1. The van der Waals surface area contributed by atoms with Gasteiger partial charge in [-0.2, -0.15) is 0 Å². The second-order valence-electron chi connectivity index (χ2n) is 7.30. The summed E-state index contributed by atoms with van der Waals surface area (Å²) in [5.74, 6) is -4.36. The molecule has 0 saturated carbocycles. The number of nitrogens with zero attached hydrogens (tertiary/aromatic N) is 2. The molecule has 2 aliphatic rings. The van der Waals surface area contributed by atoms with Crippen LogP contribution in [0.5, 0.6) is 0 Å². The number of carbonyl (C=O) groups is 1. The highest BCUT2D eigenvalue weighted by Crippen LogP contribution is 2.57. The van der Waals surface area contributed by atoms with E-state index in [1.165, 1.54) is 24.4 Å². The van der Waals surface area contributed by atoms with E-state index in [1.807, 2.05) is 0 Å². The first-order chi connectivity index (χ1) is 13.0. The van der Waals surface area contributed by atoms with Gasteiger partial charge in [-0.1, -0.05) is 17.7 Å². The Hall–Kier alpha value is -2.61. The van der Waals surface area contributed by atoms with E-state index in [1.54, 1.807) is 12.1 Å². The van der Waals surface area contributed by atoms with Gasteiger partial charge in [0, 0.05) is 18.3 Å². The summed E-state index contributed by atoms with van der Waals surface area (Å²) < 4.78 is 44.0. The molecule has 1 aliphatic carbocycles. The molecule has 146 valence electrons. The second kappa shape index (κ2) is 5.94. The Morgan fingerprint density at radius 2 is 2.00 bits per heavy atom. The van der Waals surface area contributed by atoms with Gasteiger partial charge >= 0.3 is 0 Å². The summed E-state index contributed by atoms with van der Waals surface area (Å²) in [5.41, 5.74) is 2.68. The number of pyridine rings is 1. The van der Waals surface area contributed by atoms with Gasteiger partial charge < -0.3 is 11.1 Å². The van der Waals surface area contributed by atoms with Crippen LogP contribution < -0.4 is 11.1 Å². The molecular weight excluding hydrogens is 393 g/mol. The molecule has 1 aromatic carbocycles. The molecule has 28 heavy (non-hydrogen) atoms. The molecule has 2 heterocycles. The first kappa shape index (κ1) is 18.7. The Morgan fingerprint density at radius 1 is 1.25 bits per heavy atom. The minimum Gasteiger partial charge on any atom is -0.385 e. The zero-order valence-corrected chi connectivity index (χ0v) is 15.5. The molecule has 1 aliphatic heterocycles. The smallest absolute Gasteiger partial charge is 0.280 e. The summed E-state index contributed by atoms with van der Waals surface area (Å²) in [6.45, 7) is 1.00. The van der Waals surface area contributed by atoms with Crippen LogP contribution in [0.15, 0.2) is 41.5 Å². The van der Waals surface area contributed by atoms with Crippen molar-refractivity contribution >= 4 is 29.0 Å². The third-order valence-corrected chi connectivity index (χ3v) is 5.45. The van der Waals surface area contributed by atoms with Crippen LogP contribution in [-0.4, -0.2) is 28.3 Å². The number of nitrogens with two attached hydrogens (primary N) is 1. The number of aromatic nitrogens is 1. The Balaban J connectivity index is 1.66. The van der Waals surface area contributed by atoms with Crippen molar-refractivity contribution in [2.75, 3.05) is 5.32 Å². The van der Waals surface area contributed by atoms with Crippen molar-refractivity contribution in [3.05, 3.63) is 58.4 Å². The Kier molecular flexibility index (Phi) is 3.98. The van der Waals surface area contributed by atoms with Crippen LogP contribution in [0.25, 0.3) is 0 Å². The van der Waals surface area contributed by atoms with E-state index < -0.39 is 35.3 Å². The van der Waals surface area contributed by atoms with Crippen LogP contribution in [0, 0.1) is 0 Å². The Bertz CT molecular complexity index is 1010. The molecule has 3 N–H and O–H groups in total. The average Bonchev–Trinajstić information content (AvgIpc) is 2.59. The second-order valence-corrected chi connectivity index (χ2v) is 7.74. The van der Waals surface area contributed by atoms with E-state index in [4.69, 9.17) is 17.3 Å². The maximum Gasteiger partial charge on any atom is 0.280 e. The van der Waals surface area contributed by atoms with E-state index in [2.05, 4.69) is 15.3 Å². The van der Waals surface area contributed by atoms with Crippen molar-refractivity contribution in [1.82, 2.24) is 4.98 Å². The van der Waals surface area contributed by atoms with Gasteiger partial charge in [-0.3, -0.25) is 9.79 Å². The number of alkyl halides is 3. The molecule has 5 nitrogen and oxygen atoms in total. The van der Waals surface area contributed by atoms with Crippen molar-refractivity contribution < 1.29 is 18.0 Å². The molecule has 0 saturated heterocycles. The highest BCUT2D eigenvalue weighted by Gasteiger charge is 2.66. The van der Waals surface area contributed by atoms with Crippen LogP contribution in [0.1, 0.15) is 35.0 Å². The maximum atomic E-state index is 14.8. The van der Waals surface area contributed by atoms with E-state index in [9.17, 15) is 18.0 Å². The van der Waals surface area contributed by atoms with Crippen LogP contribution in [-0.2, 0) is 12.0 Å². The highest BCUT2D eigenvalue weighted by molar-refractivity contribution is 6.30. The van der Waals surface area contributed by atoms with Crippen molar-refractivity contribution in [2.24, 2.45) is 10.7 Å². The molecule has 4 rings (SSSR count). The largest absolute Gasteiger partial charge is 0.385 e. The maximum absolute atomic E-state index is 14.8. The van der Waals surface area contributed by atoms with Crippen LogP contribution in [0.3, 0.4) is 0 Å². The third kappa shape index (κ3) is 2.74. The van der Waals surface area contributed by atoms with Crippen LogP contribution in [0.4, 0.5) is 18.9 Å². The number of fused-ring (bicyclic) bond motifs is 2. The highest BCUT2D eigenvalue weighted by atomic mass is 35.5. The Labute approximate surface area is 163 Å². The topological polar surface area (TPSA) is 80.4 Å². The molecule has 1 spiro atoms. The predicted molar refractivity (Wildman–Crippen MR) is 99.7 cm³/mol. The molecule has 1 aromatic heterocycles. The van der Waals surface area contributed by atoms with Crippen LogP contribution >= 0.6 is 11.6 Å². The SMILES string of the molecule is C[C@@]1(F)CC(F)(F)[C@]2(Cc3ccc(NC(=O)c4ccc(Cl)cn4)cc32)N=C1N. The number of nitrogens with one attached hydrogen (secondary N) is 1. The Morgan fingerprint density at radius 3 is 2.68 bits per heavy atom. The molecule has 0 radical (unpaired) electrons. The number of hydrogen-bond donors (Lipinski definition) is 2. The standard InChI is InChI=1S/C19H16ClF3N4O/c1-17(21)9-19(22,23)18(27-16(17)24)7-10-2-4-12(6-13(10)18)26-15(28)14-5-3-11(20)8-25-14/h2-6,8H,7,9H2,1H3,(H2,24,27)(H,26,28)/t17-,18-/m1/s1. The molecule has 0 unspecified atom stereocenters. The molecule has 2 aromatic rings. The lowest BCUT2D eigenvalue weighted by Gasteiger charge is -2.50. The van der Waals surface area contributed by atoms with Gasteiger partial charge in [0.1, 0.15) is 11.5 Å². The number of amidine groups is 1. The van der Waals surface area contributed by atoms with Gasteiger partial charge in [0.05, 0.1) is 11.4 Å². The number of anilines is 1. The molecule has 0 bridgehead atoms. The van der Waals surface area contributed by atoms with Crippen molar-refractivity contribution in [3.8, 4) is 0 Å². The summed E-state index contributed by atoms with van der Waals surface area (Å²) in [6, 6.07) is 7.63. The molecule has 1 amide bonds. The zero-order chi connectivity index (χ0) is 20.3. The number of benzene rings is 1. The van der Waals surface area contributed by atoms with Gasteiger partial charge in [-0.15, -0.1) is 0 Å². The van der Waals surface area contributed by atoms with E-state index in [0.29, 0.717) is 16.3 Å². The number of hydrogen-bond acceptors (Lipinski definition) is 4. The fourth-order valence-electron chi connectivity index (χ4n) is 3.65. The van der Waals surface area contributed by atoms with Gasteiger partial charge in [0.25, 0.3) is 11.8 Å². The summed E-state index contributed by atoms with van der Waals surface area (Å²) in [7, 11) is 0. The number of halogens is 4. The quantitative estimate of drug-likeness (QED) is 0.791. The van der Waals surface area contributed by atoms with E-state index >= 15 is 0 Å². The van der Waals surface area contributed by atoms with Crippen LogP contribution in [0.2, 0.25) is 5.02 Å². The summed E-state index contributed by atoms with van der Waals surface area (Å²) >= 11 is 5.75. The minimum atomic E-state index is -3.41. The molecule has 9 heteroatoms. The lowest BCUT2D eigenvalue weighted by Crippen LogP contribution is -2.61. The zero-order valence-electron chi connectivity index (χ0n) is 14.8. The third-order valence-electron chi connectivity index (χ3n) is 5.22. The number of rotatable bonds is 2. The molecule has 0 fully saturated rings. The fourth-order valence-corrected chi connectivity index (χ4v) is 3.76. The fraction of sp³-hybridized carbons (Fsp3) is 0.316. The predicted octanol–water partition coefficient (Wildman–Crippen LogP) is 3.86. The van der Waals surface area contributed by atoms with Gasteiger partial charge in [-0.25, -0.2) is 18.2 Å². The first-order valence-electron chi connectivity index (χ1n) is 8.53. The van der Waals surface area contributed by atoms with Gasteiger partial charge in [-0.05, 0) is 42.3 Å². The summed E-state index contributed by atoms with van der Waals surface area (Å²) in [5, 5.41) is 3.00. The van der Waals surface area contributed by atoms with Gasteiger partial charge in [0.2, 0.25) is 0 Å². The van der Waals surface area contributed by atoms with Crippen molar-refractivity contribution in [3.63, 3.8) is 0 Å². The lowest BCUT2D eigenvalue weighted by molar-refractivity contribution is -0.120. The number of amides is 1. The monoisotopic (exact) mass is 408 g/mol. The normalized spacial score (nSPS) is 27.5. The lowest BCUT2D eigenvalue weighted by atomic mass is 9.63. The average molecular weight is 409 g/mol. The van der Waals surface area contributed by atoms with E-state index in [0.717, 1.165) is 6.92 Å². The summed E-state index contributed by atoms with van der Waals surface area (Å²) in [6.07, 6.45) is 0.246. The van der Waals surface area contributed by atoms with Crippen molar-refractivity contribution in [1.29, 1.82) is 0 Å². The minimum absolute atomic E-state index is 0.0426. The molecular formula is C19H16ClF3N4O. The van der Waals surface area contributed by atoms with Gasteiger partial charge in [0.15, 0.2) is 11.2 Å². The number of aliphatic imine (C=N–C) groups is 1. The van der Waals surface area contributed by atoms with Crippen molar-refractivity contribution in [2.45, 2.75) is 36.9 Å². The molecule has 2 atom stereocenters. The summed E-state index contributed by atoms with van der Waals surface area (Å²) in [4.78, 5) is 20.1. The van der Waals surface area contributed by atoms with E-state index in [-0.39, 0.29) is 17.7 Å². The first-order valence-corrected chi connectivity index (χ1v) is 8.91.